The highest BCUT2D eigenvalue weighted by atomic mass is 32.2. The van der Waals surface area contributed by atoms with Crippen molar-refractivity contribution >= 4 is 38.2 Å². The van der Waals surface area contributed by atoms with Crippen LogP contribution in [0.4, 0.5) is 0 Å². The Morgan fingerprint density at radius 3 is 2.67 bits per heavy atom. The molecule has 0 aliphatic rings. The van der Waals surface area contributed by atoms with Crippen LogP contribution in [0, 0.1) is 0 Å². The third-order valence-electron chi connectivity index (χ3n) is 5.73. The van der Waals surface area contributed by atoms with E-state index in [0.717, 1.165) is 26.9 Å². The Kier molecular flexibility index (Phi) is 6.65. The lowest BCUT2D eigenvalue weighted by Crippen LogP contribution is -2.32. The molecule has 4 N–H and O–H groups in total. The maximum atomic E-state index is 12.8. The topological polar surface area (TPSA) is 142 Å². The van der Waals surface area contributed by atoms with Crippen molar-refractivity contribution in [3.8, 4) is 10.4 Å². The second kappa shape index (κ2) is 10.0. The molecule has 12 heteroatoms. The van der Waals surface area contributed by atoms with Gasteiger partial charge < -0.3 is 4.98 Å². The summed E-state index contributed by atoms with van der Waals surface area (Å²) in [4.78, 5) is 16.4. The van der Waals surface area contributed by atoms with E-state index in [-0.39, 0.29) is 17.2 Å². The van der Waals surface area contributed by atoms with Gasteiger partial charge in [0.15, 0.2) is 0 Å². The number of para-hydroxylation sites is 1. The van der Waals surface area contributed by atoms with Crippen LogP contribution in [0.2, 0.25) is 0 Å². The van der Waals surface area contributed by atoms with Crippen LogP contribution in [-0.4, -0.2) is 39.5 Å². The molecule has 3 aromatic heterocycles. The highest BCUT2D eigenvalue weighted by molar-refractivity contribution is 7.91. The van der Waals surface area contributed by atoms with E-state index in [1.807, 2.05) is 54.6 Å². The standard InChI is InChI=1S/C24H22N6O4S2/c31-24(28-32)21(12-17-13-25-20-9-5-4-8-19(17)20)30-15-18(27-29-30)14-26-36(33,34)23-11-10-22(35-23)16-6-2-1-3-7-16/h1-11,13,15,21,25-26,32H,12,14H2,(H,28,31). The maximum Gasteiger partial charge on any atom is 0.268 e. The molecule has 10 nitrogen and oxygen atoms in total. The number of hydrogen-bond donors (Lipinski definition) is 4. The van der Waals surface area contributed by atoms with Crippen molar-refractivity contribution in [3.05, 3.63) is 90.4 Å². The Balaban J connectivity index is 1.30. The first-order chi connectivity index (χ1) is 17.4. The van der Waals surface area contributed by atoms with E-state index in [2.05, 4.69) is 20.0 Å². The number of nitrogens with one attached hydrogen (secondary N) is 3. The van der Waals surface area contributed by atoms with Crippen molar-refractivity contribution in [2.45, 2.75) is 23.2 Å². The van der Waals surface area contributed by atoms with E-state index in [9.17, 15) is 18.4 Å². The zero-order valence-corrected chi connectivity index (χ0v) is 20.5. The summed E-state index contributed by atoms with van der Waals surface area (Å²) in [5.74, 6) is -0.663. The van der Waals surface area contributed by atoms with Gasteiger partial charge in [0.25, 0.3) is 5.91 Å². The average Bonchev–Trinajstić information content (AvgIpc) is 3.66. The molecular weight excluding hydrogens is 500 g/mol. The van der Waals surface area contributed by atoms with Gasteiger partial charge in [-0.15, -0.1) is 16.4 Å². The summed E-state index contributed by atoms with van der Waals surface area (Å²) < 4.78 is 29.7. The van der Waals surface area contributed by atoms with Crippen molar-refractivity contribution < 1.29 is 18.4 Å². The first-order valence-electron chi connectivity index (χ1n) is 11.0. The Bertz CT molecular complexity index is 1610. The number of carbonyl (C=O) groups excluding carboxylic acids is 1. The van der Waals surface area contributed by atoms with Crippen LogP contribution < -0.4 is 10.2 Å². The van der Waals surface area contributed by atoms with Crippen molar-refractivity contribution in [1.29, 1.82) is 0 Å². The number of carbonyl (C=O) groups is 1. The normalized spacial score (nSPS) is 12.6. The molecular formula is C24H22N6O4S2. The van der Waals surface area contributed by atoms with E-state index >= 15 is 0 Å². The van der Waals surface area contributed by atoms with Gasteiger partial charge in [-0.05, 0) is 29.3 Å². The fourth-order valence-electron chi connectivity index (χ4n) is 3.90. The molecule has 5 rings (SSSR count). The van der Waals surface area contributed by atoms with Crippen LogP contribution in [0.25, 0.3) is 21.3 Å². The number of sulfonamides is 1. The number of fused-ring (bicyclic) bond motifs is 1. The number of H-pyrrole nitrogens is 1. The van der Waals surface area contributed by atoms with E-state index in [1.165, 1.54) is 22.2 Å². The number of amides is 1. The molecule has 0 aliphatic heterocycles. The lowest BCUT2D eigenvalue weighted by molar-refractivity contribution is -0.133. The molecule has 5 aromatic rings. The summed E-state index contributed by atoms with van der Waals surface area (Å²) in [5.41, 5.74) is 4.74. The van der Waals surface area contributed by atoms with E-state index < -0.39 is 22.0 Å². The fraction of sp³-hybridized carbons (Fsp3) is 0.125. The van der Waals surface area contributed by atoms with Gasteiger partial charge in [-0.2, -0.15) is 0 Å². The summed E-state index contributed by atoms with van der Waals surface area (Å²) in [7, 11) is -3.77. The van der Waals surface area contributed by atoms with Gasteiger partial charge in [0.2, 0.25) is 10.0 Å². The van der Waals surface area contributed by atoms with Crippen LogP contribution >= 0.6 is 11.3 Å². The average molecular weight is 523 g/mol. The van der Waals surface area contributed by atoms with Gasteiger partial charge in [-0.3, -0.25) is 10.0 Å². The number of hydroxylamine groups is 1. The molecule has 0 fully saturated rings. The molecule has 1 amide bonds. The summed E-state index contributed by atoms with van der Waals surface area (Å²) in [5, 5.41) is 18.3. The molecule has 0 aliphatic carbocycles. The van der Waals surface area contributed by atoms with Crippen LogP contribution in [-0.2, 0) is 27.8 Å². The van der Waals surface area contributed by atoms with Gasteiger partial charge in [0, 0.05) is 28.4 Å². The van der Waals surface area contributed by atoms with Crippen molar-refractivity contribution in [1.82, 2.24) is 30.2 Å². The molecule has 36 heavy (non-hydrogen) atoms. The molecule has 0 spiro atoms. The fourth-order valence-corrected chi connectivity index (χ4v) is 6.25. The van der Waals surface area contributed by atoms with Crippen molar-refractivity contribution in [2.24, 2.45) is 0 Å². The number of rotatable bonds is 9. The Hall–Kier alpha value is -3.84. The minimum absolute atomic E-state index is 0.110. The lowest BCUT2D eigenvalue weighted by Gasteiger charge is -2.14. The molecule has 184 valence electrons. The number of aromatic nitrogens is 4. The second-order valence-electron chi connectivity index (χ2n) is 8.05. The zero-order chi connectivity index (χ0) is 25.1. The molecule has 3 heterocycles. The van der Waals surface area contributed by atoms with E-state index in [4.69, 9.17) is 0 Å². The summed E-state index contributed by atoms with van der Waals surface area (Å²) in [6.45, 7) is -0.110. The van der Waals surface area contributed by atoms with Gasteiger partial charge in [-0.25, -0.2) is 23.3 Å². The zero-order valence-electron chi connectivity index (χ0n) is 18.8. The third kappa shape index (κ3) is 4.93. The molecule has 0 radical (unpaired) electrons. The molecule has 0 bridgehead atoms. The van der Waals surface area contributed by atoms with E-state index in [0.29, 0.717) is 5.69 Å². The Morgan fingerprint density at radius 1 is 1.08 bits per heavy atom. The monoisotopic (exact) mass is 522 g/mol. The number of benzene rings is 2. The Morgan fingerprint density at radius 2 is 1.86 bits per heavy atom. The first kappa shape index (κ1) is 23.9. The molecule has 0 saturated carbocycles. The minimum atomic E-state index is -3.77. The number of nitrogens with zero attached hydrogens (tertiary/aromatic N) is 3. The summed E-state index contributed by atoms with van der Waals surface area (Å²) in [6.07, 6.45) is 3.53. The quantitative estimate of drug-likeness (QED) is 0.173. The van der Waals surface area contributed by atoms with Crippen molar-refractivity contribution in [2.75, 3.05) is 0 Å². The van der Waals surface area contributed by atoms with Gasteiger partial charge in [-0.1, -0.05) is 53.7 Å². The van der Waals surface area contributed by atoms with Crippen LogP contribution in [0.1, 0.15) is 17.3 Å². The van der Waals surface area contributed by atoms with Gasteiger partial charge in [0.05, 0.1) is 18.4 Å². The predicted molar refractivity (Wildman–Crippen MR) is 135 cm³/mol. The van der Waals surface area contributed by atoms with Crippen LogP contribution in [0.5, 0.6) is 0 Å². The summed E-state index contributed by atoms with van der Waals surface area (Å²) in [6, 6.07) is 19.6. The van der Waals surface area contributed by atoms with Crippen LogP contribution in [0.15, 0.2) is 83.3 Å². The number of thiophene rings is 1. The first-order valence-corrected chi connectivity index (χ1v) is 13.3. The van der Waals surface area contributed by atoms with E-state index in [1.54, 1.807) is 23.8 Å². The molecule has 0 saturated heterocycles. The van der Waals surface area contributed by atoms with Crippen LogP contribution in [0.3, 0.4) is 0 Å². The number of hydrogen-bond acceptors (Lipinski definition) is 7. The van der Waals surface area contributed by atoms with Gasteiger partial charge >= 0.3 is 0 Å². The second-order valence-corrected chi connectivity index (χ2v) is 11.1. The summed E-state index contributed by atoms with van der Waals surface area (Å²) >= 11 is 1.17. The SMILES string of the molecule is O=C(NO)C(Cc1c[nH]c2ccccc12)n1cc(CNS(=O)(=O)c2ccc(-c3ccccc3)s2)nn1. The maximum absolute atomic E-state index is 12.8. The molecule has 2 aromatic carbocycles. The third-order valence-corrected chi connectivity index (χ3v) is 8.75. The van der Waals surface area contributed by atoms with Gasteiger partial charge in [0.1, 0.15) is 10.3 Å². The predicted octanol–water partition coefficient (Wildman–Crippen LogP) is 3.26. The minimum Gasteiger partial charge on any atom is -0.361 e. The highest BCUT2D eigenvalue weighted by Gasteiger charge is 2.24. The smallest absolute Gasteiger partial charge is 0.268 e. The van der Waals surface area contributed by atoms with Crippen molar-refractivity contribution in [3.63, 3.8) is 0 Å². The largest absolute Gasteiger partial charge is 0.361 e. The molecule has 1 unspecified atom stereocenters. The Labute approximate surface area is 210 Å². The number of aromatic amines is 1. The molecule has 1 atom stereocenters. The lowest BCUT2D eigenvalue weighted by atomic mass is 10.0. The highest BCUT2D eigenvalue weighted by Crippen LogP contribution is 2.30.